The van der Waals surface area contributed by atoms with Crippen molar-refractivity contribution in [2.24, 2.45) is 0 Å². The van der Waals surface area contributed by atoms with Crippen LogP contribution in [0.2, 0.25) is 0 Å². The smallest absolute Gasteiger partial charge is 0.0853 e. The monoisotopic (exact) mass is 108 g/mol. The Kier molecular flexibility index (Phi) is 7.46. The van der Waals surface area contributed by atoms with E-state index in [2.05, 4.69) is 11.3 Å². The maximum absolute atomic E-state index is 4.56. The molecule has 0 fully saturated rings. The molecule has 0 aliphatic rings. The Morgan fingerprint density at radius 3 is 1.83 bits per heavy atom. The minimum absolute atomic E-state index is 0. The molecule has 2 heteroatoms. The van der Waals surface area contributed by atoms with Gasteiger partial charge in [0.1, 0.15) is 0 Å². The minimum Gasteiger partial charge on any atom is -0.502 e. The lowest BCUT2D eigenvalue weighted by Gasteiger charge is -1.88. The third-order valence-electron chi connectivity index (χ3n) is 0.348. The summed E-state index contributed by atoms with van der Waals surface area (Å²) in [5.41, 5.74) is 0. The van der Waals surface area contributed by atoms with Crippen LogP contribution in [-0.2, 0) is 4.74 Å². The second-order valence-electron chi connectivity index (χ2n) is 0.906. The normalized spacial score (nSPS) is 5.67. The van der Waals surface area contributed by atoms with Crippen LogP contribution in [0.5, 0.6) is 0 Å². The van der Waals surface area contributed by atoms with Gasteiger partial charge in [0.05, 0.1) is 12.9 Å². The van der Waals surface area contributed by atoms with Crippen molar-refractivity contribution in [1.29, 1.82) is 0 Å². The molecular weight excluding hydrogens is 99.5 g/mol. The van der Waals surface area contributed by atoms with Gasteiger partial charge in [0.15, 0.2) is 0 Å². The average Bonchev–Trinajstić information content (AvgIpc) is 1.38. The summed E-state index contributed by atoms with van der Waals surface area (Å²) in [5.74, 6) is 0.755. The summed E-state index contributed by atoms with van der Waals surface area (Å²) < 4.78 is 4.56. The predicted octanol–water partition coefficient (Wildman–Crippen LogP) is 1.59. The molecule has 0 aromatic rings. The highest BCUT2D eigenvalue weighted by Crippen LogP contribution is 1.80. The van der Waals surface area contributed by atoms with E-state index in [0.717, 1.165) is 5.76 Å². The molecule has 38 valence electrons. The van der Waals surface area contributed by atoms with E-state index in [4.69, 9.17) is 0 Å². The number of hydrogen-bond donors (Lipinski definition) is 0. The van der Waals surface area contributed by atoms with Gasteiger partial charge >= 0.3 is 0 Å². The van der Waals surface area contributed by atoms with Gasteiger partial charge in [0, 0.05) is 0 Å². The molecule has 0 rings (SSSR count). The maximum atomic E-state index is 4.56. The number of ether oxygens (including phenoxy) is 1. The summed E-state index contributed by atoms with van der Waals surface area (Å²) in [4.78, 5) is 0. The molecule has 0 aliphatic heterocycles. The third kappa shape index (κ3) is 9.16. The molecule has 0 radical (unpaired) electrons. The van der Waals surface area contributed by atoms with E-state index in [0.29, 0.717) is 0 Å². The fourth-order valence-electron chi connectivity index (χ4n) is 0. The molecule has 0 N–H and O–H groups in total. The van der Waals surface area contributed by atoms with Crippen molar-refractivity contribution in [2.75, 3.05) is 7.11 Å². The molecule has 0 amide bonds. The lowest BCUT2D eigenvalue weighted by molar-refractivity contribution is 0.295. The van der Waals surface area contributed by atoms with Crippen molar-refractivity contribution in [3.05, 3.63) is 12.3 Å². The van der Waals surface area contributed by atoms with E-state index in [1.807, 2.05) is 0 Å². The number of methoxy groups -OCH3 is 1. The van der Waals surface area contributed by atoms with Gasteiger partial charge in [0.25, 0.3) is 0 Å². The van der Waals surface area contributed by atoms with Crippen molar-refractivity contribution in [2.45, 2.75) is 6.92 Å². The Morgan fingerprint density at radius 2 is 1.83 bits per heavy atom. The van der Waals surface area contributed by atoms with Crippen LogP contribution < -0.4 is 0 Å². The Morgan fingerprint density at radius 1 is 1.67 bits per heavy atom. The first-order valence-corrected chi connectivity index (χ1v) is 1.47. The average molecular weight is 109 g/mol. The molecule has 6 heavy (non-hydrogen) atoms. The van der Waals surface area contributed by atoms with Crippen LogP contribution in [-0.4, -0.2) is 7.11 Å². The third-order valence-corrected chi connectivity index (χ3v) is 0.348. The zero-order valence-corrected chi connectivity index (χ0v) is 4.84. The number of rotatable bonds is 1. The van der Waals surface area contributed by atoms with E-state index in [1.165, 1.54) is 0 Å². The van der Waals surface area contributed by atoms with Crippen molar-refractivity contribution >= 4 is 12.4 Å². The molecule has 0 saturated carbocycles. The first-order valence-electron chi connectivity index (χ1n) is 1.47. The first kappa shape index (κ1) is 9.27. The summed E-state index contributed by atoms with van der Waals surface area (Å²) >= 11 is 0. The van der Waals surface area contributed by atoms with Crippen LogP contribution in [0.15, 0.2) is 12.3 Å². The summed E-state index contributed by atoms with van der Waals surface area (Å²) in [7, 11) is 1.60. The molecule has 1 nitrogen and oxygen atoms in total. The van der Waals surface area contributed by atoms with E-state index in [1.54, 1.807) is 14.0 Å². The Bertz CT molecular complexity index is 42.8. The molecule has 0 spiro atoms. The molecule has 0 unspecified atom stereocenters. The highest BCUT2D eigenvalue weighted by molar-refractivity contribution is 5.85. The van der Waals surface area contributed by atoms with Crippen molar-refractivity contribution in [3.8, 4) is 0 Å². The molecule has 0 saturated heterocycles. The van der Waals surface area contributed by atoms with Crippen molar-refractivity contribution in [1.82, 2.24) is 0 Å². The Hall–Kier alpha value is -0.170. The fraction of sp³-hybridized carbons (Fsp3) is 0.500. The second kappa shape index (κ2) is 4.83. The zero-order chi connectivity index (χ0) is 4.28. The quantitative estimate of drug-likeness (QED) is 0.464. The number of halogens is 1. The lowest BCUT2D eigenvalue weighted by atomic mass is 10.7. The Labute approximate surface area is 44.4 Å². The van der Waals surface area contributed by atoms with Gasteiger partial charge in [-0.05, 0) is 6.92 Å². The molecule has 0 bridgehead atoms. The molecule has 0 atom stereocenters. The summed E-state index contributed by atoms with van der Waals surface area (Å²) in [6, 6.07) is 0. The largest absolute Gasteiger partial charge is 0.502 e. The van der Waals surface area contributed by atoms with Crippen LogP contribution in [0.25, 0.3) is 0 Å². The minimum atomic E-state index is 0. The van der Waals surface area contributed by atoms with Gasteiger partial charge in [-0.2, -0.15) is 0 Å². The molecule has 0 heterocycles. The molecular formula is C4H9ClO. The van der Waals surface area contributed by atoms with Crippen LogP contribution in [0.4, 0.5) is 0 Å². The van der Waals surface area contributed by atoms with Crippen LogP contribution in [0, 0.1) is 0 Å². The SMILES string of the molecule is C=C(C)OC.Cl. The van der Waals surface area contributed by atoms with E-state index in [9.17, 15) is 0 Å². The predicted molar refractivity (Wildman–Crippen MR) is 29.1 cm³/mol. The van der Waals surface area contributed by atoms with Gasteiger partial charge in [-0.15, -0.1) is 12.4 Å². The summed E-state index contributed by atoms with van der Waals surface area (Å²) in [6.07, 6.45) is 0. The van der Waals surface area contributed by atoms with Crippen LogP contribution in [0.3, 0.4) is 0 Å². The molecule has 0 aromatic carbocycles. The van der Waals surface area contributed by atoms with Gasteiger partial charge < -0.3 is 4.74 Å². The molecule has 0 aromatic heterocycles. The van der Waals surface area contributed by atoms with Gasteiger partial charge in [-0.1, -0.05) is 6.58 Å². The van der Waals surface area contributed by atoms with Crippen molar-refractivity contribution < 1.29 is 4.74 Å². The van der Waals surface area contributed by atoms with E-state index in [-0.39, 0.29) is 12.4 Å². The first-order chi connectivity index (χ1) is 2.27. The fourth-order valence-corrected chi connectivity index (χ4v) is 0. The summed E-state index contributed by atoms with van der Waals surface area (Å²) in [6.45, 7) is 5.26. The van der Waals surface area contributed by atoms with Crippen LogP contribution in [0.1, 0.15) is 6.92 Å². The van der Waals surface area contributed by atoms with Gasteiger partial charge in [-0.25, -0.2) is 0 Å². The number of allylic oxidation sites excluding steroid dienone is 1. The standard InChI is InChI=1S/C4H8O.ClH/c1-4(2)5-3;/h1H2,2-3H3;1H. The Balaban J connectivity index is 0. The molecule has 0 aliphatic carbocycles. The second-order valence-corrected chi connectivity index (χ2v) is 0.906. The topological polar surface area (TPSA) is 9.23 Å². The van der Waals surface area contributed by atoms with E-state index < -0.39 is 0 Å². The highest BCUT2D eigenvalue weighted by atomic mass is 35.5. The van der Waals surface area contributed by atoms with E-state index >= 15 is 0 Å². The lowest BCUT2D eigenvalue weighted by Crippen LogP contribution is -1.70. The van der Waals surface area contributed by atoms with Gasteiger partial charge in [0.2, 0.25) is 0 Å². The summed E-state index contributed by atoms with van der Waals surface area (Å²) in [5, 5.41) is 0. The van der Waals surface area contributed by atoms with Crippen molar-refractivity contribution in [3.63, 3.8) is 0 Å². The van der Waals surface area contributed by atoms with Gasteiger partial charge in [-0.3, -0.25) is 0 Å². The highest BCUT2D eigenvalue weighted by Gasteiger charge is 1.65. The zero-order valence-electron chi connectivity index (χ0n) is 4.02. The van der Waals surface area contributed by atoms with Crippen LogP contribution >= 0.6 is 12.4 Å². The maximum Gasteiger partial charge on any atom is 0.0853 e. The number of hydrogen-bond acceptors (Lipinski definition) is 1.